The highest BCUT2D eigenvalue weighted by Gasteiger charge is 1.99. The Hall–Kier alpha value is -1.09. The van der Waals surface area contributed by atoms with E-state index in [1.54, 1.807) is 18.2 Å². The van der Waals surface area contributed by atoms with Crippen LogP contribution in [0.2, 0.25) is 0 Å². The zero-order valence-electron chi connectivity index (χ0n) is 6.20. The summed E-state index contributed by atoms with van der Waals surface area (Å²) in [6.07, 6.45) is 1.41. The van der Waals surface area contributed by atoms with Crippen LogP contribution in [-0.4, -0.2) is 11.4 Å². The van der Waals surface area contributed by atoms with Crippen LogP contribution in [-0.2, 0) is 4.79 Å². The molecule has 0 spiro atoms. The molecule has 0 aliphatic heterocycles. The van der Waals surface area contributed by atoms with Gasteiger partial charge in [-0.15, -0.1) is 0 Å². The third-order valence-corrected chi connectivity index (χ3v) is 1.92. The first-order chi connectivity index (χ1) is 5.77. The molecule has 0 fully saturated rings. The summed E-state index contributed by atoms with van der Waals surface area (Å²) in [4.78, 5) is 10.4. The molecule has 1 aromatic rings. The van der Waals surface area contributed by atoms with E-state index < -0.39 is 0 Å². The second-order valence-corrected chi connectivity index (χ2v) is 3.13. The van der Waals surface area contributed by atoms with Crippen molar-refractivity contribution in [3.05, 3.63) is 40.6 Å². The summed E-state index contributed by atoms with van der Waals surface area (Å²) >= 11 is 3.26. The van der Waals surface area contributed by atoms with Gasteiger partial charge in [0.15, 0.2) is 6.29 Å². The quantitative estimate of drug-likeness (QED) is 0.478. The number of benzene rings is 1. The number of aliphatic hydroxyl groups is 1. The smallest absolute Gasteiger partial charge is 0.153 e. The molecule has 1 rings (SSSR count). The van der Waals surface area contributed by atoms with E-state index in [0.717, 1.165) is 10.7 Å². The standard InChI is InChI=1S/C9H7BrO2/c10-9-3-1-2-7(4-9)8(5-11)6-12/h1-6,11H/b8-5-. The Morgan fingerprint density at radius 2 is 2.25 bits per heavy atom. The predicted molar refractivity (Wildman–Crippen MR) is 50.8 cm³/mol. The van der Waals surface area contributed by atoms with E-state index in [2.05, 4.69) is 15.9 Å². The first-order valence-corrected chi connectivity index (χ1v) is 4.12. The Bertz CT molecular complexity index is 318. The molecule has 1 aromatic carbocycles. The van der Waals surface area contributed by atoms with Crippen LogP contribution in [0.25, 0.3) is 5.57 Å². The first-order valence-electron chi connectivity index (χ1n) is 3.33. The van der Waals surface area contributed by atoms with E-state index in [1.807, 2.05) is 6.07 Å². The number of hydrogen-bond acceptors (Lipinski definition) is 2. The number of aldehydes is 1. The fourth-order valence-electron chi connectivity index (χ4n) is 0.841. The molecule has 2 nitrogen and oxygen atoms in total. The van der Waals surface area contributed by atoms with Gasteiger partial charge in [0.05, 0.1) is 11.8 Å². The van der Waals surface area contributed by atoms with Crippen molar-refractivity contribution in [3.8, 4) is 0 Å². The molecule has 0 aromatic heterocycles. The van der Waals surface area contributed by atoms with Crippen molar-refractivity contribution in [1.82, 2.24) is 0 Å². The maximum atomic E-state index is 10.4. The minimum absolute atomic E-state index is 0.274. The van der Waals surface area contributed by atoms with Crippen molar-refractivity contribution in [3.63, 3.8) is 0 Å². The van der Waals surface area contributed by atoms with Crippen molar-refractivity contribution in [2.24, 2.45) is 0 Å². The van der Waals surface area contributed by atoms with Crippen molar-refractivity contribution < 1.29 is 9.90 Å². The number of halogens is 1. The van der Waals surface area contributed by atoms with Gasteiger partial charge in [-0.1, -0.05) is 28.1 Å². The SMILES string of the molecule is O=C/C(=C/O)c1cccc(Br)c1. The van der Waals surface area contributed by atoms with Gasteiger partial charge < -0.3 is 5.11 Å². The lowest BCUT2D eigenvalue weighted by molar-refractivity contribution is -0.103. The zero-order valence-corrected chi connectivity index (χ0v) is 7.78. The van der Waals surface area contributed by atoms with Crippen LogP contribution < -0.4 is 0 Å². The summed E-state index contributed by atoms with van der Waals surface area (Å²) in [7, 11) is 0. The molecular weight excluding hydrogens is 220 g/mol. The highest BCUT2D eigenvalue weighted by Crippen LogP contribution is 2.16. The molecule has 0 atom stereocenters. The Labute approximate surface area is 78.7 Å². The van der Waals surface area contributed by atoms with E-state index >= 15 is 0 Å². The van der Waals surface area contributed by atoms with Crippen LogP contribution in [0, 0.1) is 0 Å². The van der Waals surface area contributed by atoms with Crippen LogP contribution in [0.5, 0.6) is 0 Å². The Balaban J connectivity index is 3.10. The van der Waals surface area contributed by atoms with Crippen molar-refractivity contribution >= 4 is 27.8 Å². The molecule has 0 amide bonds. The number of aliphatic hydroxyl groups excluding tert-OH is 1. The maximum absolute atomic E-state index is 10.4. The van der Waals surface area contributed by atoms with Crippen LogP contribution >= 0.6 is 15.9 Å². The first kappa shape index (κ1) is 9.00. The minimum Gasteiger partial charge on any atom is -0.515 e. The van der Waals surface area contributed by atoms with Gasteiger partial charge in [0.2, 0.25) is 0 Å². The second kappa shape index (κ2) is 4.07. The fourth-order valence-corrected chi connectivity index (χ4v) is 1.24. The minimum atomic E-state index is 0.274. The van der Waals surface area contributed by atoms with E-state index in [1.165, 1.54) is 0 Å². The summed E-state index contributed by atoms with van der Waals surface area (Å²) in [6, 6.07) is 7.16. The van der Waals surface area contributed by atoms with E-state index in [-0.39, 0.29) is 5.57 Å². The molecule has 12 heavy (non-hydrogen) atoms. The van der Waals surface area contributed by atoms with Gasteiger partial charge in [-0.05, 0) is 17.7 Å². The average Bonchev–Trinajstić information content (AvgIpc) is 2.07. The third-order valence-electron chi connectivity index (χ3n) is 1.42. The molecule has 1 N–H and O–H groups in total. The Kier molecular flexibility index (Phi) is 3.05. The van der Waals surface area contributed by atoms with Gasteiger partial charge in [0, 0.05) is 4.47 Å². The molecule has 0 bridgehead atoms. The number of carbonyl (C=O) groups excluding carboxylic acids is 1. The fraction of sp³-hybridized carbons (Fsp3) is 0. The van der Waals surface area contributed by atoms with Crippen LogP contribution in [0.15, 0.2) is 35.0 Å². The van der Waals surface area contributed by atoms with Crippen LogP contribution in [0.3, 0.4) is 0 Å². The van der Waals surface area contributed by atoms with Gasteiger partial charge in [0.25, 0.3) is 0 Å². The lowest BCUT2D eigenvalue weighted by Crippen LogP contribution is -1.84. The molecule has 0 heterocycles. The Morgan fingerprint density at radius 3 is 2.75 bits per heavy atom. The van der Waals surface area contributed by atoms with E-state index in [0.29, 0.717) is 11.8 Å². The van der Waals surface area contributed by atoms with E-state index in [4.69, 9.17) is 5.11 Å². The summed E-state index contributed by atoms with van der Waals surface area (Å²) in [6.45, 7) is 0. The van der Waals surface area contributed by atoms with Crippen molar-refractivity contribution in [2.45, 2.75) is 0 Å². The Morgan fingerprint density at radius 1 is 1.50 bits per heavy atom. The third kappa shape index (κ3) is 1.95. The van der Waals surface area contributed by atoms with Crippen molar-refractivity contribution in [1.29, 1.82) is 0 Å². The van der Waals surface area contributed by atoms with Crippen LogP contribution in [0.4, 0.5) is 0 Å². The summed E-state index contributed by atoms with van der Waals surface area (Å²) in [5.74, 6) is 0. The summed E-state index contributed by atoms with van der Waals surface area (Å²) in [5.41, 5.74) is 0.971. The summed E-state index contributed by atoms with van der Waals surface area (Å²) < 4.78 is 0.876. The van der Waals surface area contributed by atoms with Gasteiger partial charge in [-0.2, -0.15) is 0 Å². The molecular formula is C9H7BrO2. The molecule has 0 aliphatic carbocycles. The molecule has 3 heteroatoms. The summed E-state index contributed by atoms with van der Waals surface area (Å²) in [5, 5.41) is 8.66. The largest absolute Gasteiger partial charge is 0.515 e. The van der Waals surface area contributed by atoms with Gasteiger partial charge in [-0.3, -0.25) is 4.79 Å². The molecule has 0 saturated heterocycles. The van der Waals surface area contributed by atoms with E-state index in [9.17, 15) is 4.79 Å². The lowest BCUT2D eigenvalue weighted by Gasteiger charge is -1.97. The normalized spacial score (nSPS) is 11.2. The lowest BCUT2D eigenvalue weighted by atomic mass is 10.1. The monoisotopic (exact) mass is 226 g/mol. The van der Waals surface area contributed by atoms with Crippen molar-refractivity contribution in [2.75, 3.05) is 0 Å². The highest BCUT2D eigenvalue weighted by molar-refractivity contribution is 9.10. The number of hydrogen-bond donors (Lipinski definition) is 1. The topological polar surface area (TPSA) is 37.3 Å². The number of rotatable bonds is 2. The van der Waals surface area contributed by atoms with Crippen LogP contribution in [0.1, 0.15) is 5.56 Å². The number of carbonyl (C=O) groups is 1. The van der Waals surface area contributed by atoms with Gasteiger partial charge in [-0.25, -0.2) is 0 Å². The molecule has 0 saturated carbocycles. The second-order valence-electron chi connectivity index (χ2n) is 2.21. The maximum Gasteiger partial charge on any atom is 0.153 e. The van der Waals surface area contributed by atoms with Gasteiger partial charge in [0.1, 0.15) is 0 Å². The van der Waals surface area contributed by atoms with Gasteiger partial charge >= 0.3 is 0 Å². The molecule has 62 valence electrons. The molecule has 0 aliphatic rings. The molecule has 0 radical (unpaired) electrons. The zero-order chi connectivity index (χ0) is 8.97. The number of allylic oxidation sites excluding steroid dienone is 1. The predicted octanol–water partition coefficient (Wildman–Crippen LogP) is 2.55. The highest BCUT2D eigenvalue weighted by atomic mass is 79.9. The molecule has 0 unspecified atom stereocenters. The average molecular weight is 227 g/mol.